The van der Waals surface area contributed by atoms with Crippen LogP contribution in [0.1, 0.15) is 23.2 Å². The normalized spacial score (nSPS) is 22.0. The smallest absolute Gasteiger partial charge is 0.259 e. The van der Waals surface area contributed by atoms with E-state index in [2.05, 4.69) is 9.71 Å². The number of carbonyl (C=O) groups is 1. The number of pyridine rings is 1. The Bertz CT molecular complexity index is 746. The van der Waals surface area contributed by atoms with Gasteiger partial charge in [-0.1, -0.05) is 0 Å². The molecular weight excluding hydrogens is 346 g/mol. The van der Waals surface area contributed by atoms with Gasteiger partial charge in [0.2, 0.25) is 15.9 Å². The Hall–Kier alpha value is -1.71. The summed E-state index contributed by atoms with van der Waals surface area (Å²) in [5.74, 6) is 0.426. The minimum atomic E-state index is -3.19. The number of nitrogens with zero attached hydrogens (tertiary/aromatic N) is 2. The number of aromatic nitrogens is 1. The molecule has 0 saturated carbocycles. The minimum absolute atomic E-state index is 0.126. The van der Waals surface area contributed by atoms with Crippen molar-refractivity contribution in [2.24, 2.45) is 5.92 Å². The molecule has 9 heteroatoms. The van der Waals surface area contributed by atoms with Crippen LogP contribution in [0.5, 0.6) is 5.88 Å². The van der Waals surface area contributed by atoms with Crippen molar-refractivity contribution in [1.82, 2.24) is 14.6 Å². The van der Waals surface area contributed by atoms with E-state index in [1.54, 1.807) is 23.2 Å². The third-order valence-electron chi connectivity index (χ3n) is 4.86. The lowest BCUT2D eigenvalue weighted by Crippen LogP contribution is -2.66. The topological polar surface area (TPSA) is 97.8 Å². The second-order valence-corrected chi connectivity index (χ2v) is 8.41. The highest BCUT2D eigenvalue weighted by atomic mass is 32.2. The Morgan fingerprint density at radius 3 is 2.96 bits per heavy atom. The maximum Gasteiger partial charge on any atom is 0.259 e. The van der Waals surface area contributed by atoms with Crippen LogP contribution in [-0.2, 0) is 14.8 Å². The largest absolute Gasteiger partial charge is 0.480 e. The van der Waals surface area contributed by atoms with Crippen LogP contribution in [0.15, 0.2) is 18.3 Å². The van der Waals surface area contributed by atoms with E-state index >= 15 is 0 Å². The van der Waals surface area contributed by atoms with Crippen molar-refractivity contribution in [3.63, 3.8) is 0 Å². The van der Waals surface area contributed by atoms with Crippen LogP contribution < -0.4 is 9.46 Å². The summed E-state index contributed by atoms with van der Waals surface area (Å²) in [6, 6.07) is 3.40. The monoisotopic (exact) mass is 369 g/mol. The van der Waals surface area contributed by atoms with Crippen molar-refractivity contribution in [1.29, 1.82) is 0 Å². The number of sulfonamides is 1. The average molecular weight is 369 g/mol. The van der Waals surface area contributed by atoms with Gasteiger partial charge in [-0.05, 0) is 30.9 Å². The number of ether oxygens (including phenoxy) is 2. The summed E-state index contributed by atoms with van der Waals surface area (Å²) in [4.78, 5) is 18.4. The number of amides is 1. The van der Waals surface area contributed by atoms with Crippen molar-refractivity contribution in [2.45, 2.75) is 18.4 Å². The van der Waals surface area contributed by atoms with E-state index in [-0.39, 0.29) is 17.4 Å². The van der Waals surface area contributed by atoms with Gasteiger partial charge in [0.1, 0.15) is 11.2 Å². The molecule has 3 rings (SSSR count). The molecule has 2 fully saturated rings. The number of rotatable bonds is 6. The van der Waals surface area contributed by atoms with Crippen molar-refractivity contribution >= 4 is 15.9 Å². The summed E-state index contributed by atoms with van der Waals surface area (Å²) in [5.41, 5.74) is 0.0812. The van der Waals surface area contributed by atoms with Gasteiger partial charge in [-0.3, -0.25) is 4.79 Å². The zero-order valence-corrected chi connectivity index (χ0v) is 15.2. The molecule has 2 saturated heterocycles. The molecule has 0 radical (unpaired) electrons. The van der Waals surface area contributed by atoms with Gasteiger partial charge >= 0.3 is 0 Å². The van der Waals surface area contributed by atoms with E-state index in [1.165, 1.54) is 7.11 Å². The fourth-order valence-corrected chi connectivity index (χ4v) is 4.08. The number of likely N-dealkylation sites (tertiary alicyclic amines) is 1. The van der Waals surface area contributed by atoms with Gasteiger partial charge in [0.25, 0.3) is 5.91 Å². The first-order valence-electron chi connectivity index (χ1n) is 8.21. The summed E-state index contributed by atoms with van der Waals surface area (Å²) in [6.45, 7) is 2.04. The molecule has 1 aromatic heterocycles. The fourth-order valence-electron chi connectivity index (χ4n) is 3.59. The first kappa shape index (κ1) is 18.1. The zero-order chi connectivity index (χ0) is 18.1. The predicted molar refractivity (Wildman–Crippen MR) is 90.9 cm³/mol. The van der Waals surface area contributed by atoms with Crippen LogP contribution in [0.4, 0.5) is 0 Å². The SMILES string of the molecule is COc1ncccc1C(=O)N1CC2(C1)OCC[C@H]2CCNS(C)(=O)=O. The molecule has 0 aliphatic carbocycles. The molecule has 3 heterocycles. The highest BCUT2D eigenvalue weighted by Crippen LogP contribution is 2.42. The Kier molecular flexibility index (Phi) is 4.99. The zero-order valence-electron chi connectivity index (χ0n) is 14.4. The maximum atomic E-state index is 12.7. The minimum Gasteiger partial charge on any atom is -0.480 e. The molecule has 0 bridgehead atoms. The molecule has 8 nitrogen and oxygen atoms in total. The number of methoxy groups -OCH3 is 1. The Morgan fingerprint density at radius 2 is 2.28 bits per heavy atom. The number of hydrogen-bond acceptors (Lipinski definition) is 6. The van der Waals surface area contributed by atoms with Crippen molar-refractivity contribution < 1.29 is 22.7 Å². The predicted octanol–water partition coefficient (Wildman–Crippen LogP) is 0.261. The van der Waals surface area contributed by atoms with Crippen molar-refractivity contribution in [3.05, 3.63) is 23.9 Å². The molecule has 138 valence electrons. The van der Waals surface area contributed by atoms with Gasteiger partial charge < -0.3 is 14.4 Å². The lowest BCUT2D eigenvalue weighted by Gasteiger charge is -2.50. The highest BCUT2D eigenvalue weighted by Gasteiger charge is 2.54. The van der Waals surface area contributed by atoms with Gasteiger partial charge in [0.05, 0.1) is 26.5 Å². The van der Waals surface area contributed by atoms with E-state index in [1.807, 2.05) is 0 Å². The molecule has 0 aromatic carbocycles. The van der Waals surface area contributed by atoms with E-state index < -0.39 is 10.0 Å². The second-order valence-electron chi connectivity index (χ2n) is 6.58. The molecular formula is C16H23N3O5S. The first-order valence-corrected chi connectivity index (χ1v) is 10.1. The number of nitrogens with one attached hydrogen (secondary N) is 1. The van der Waals surface area contributed by atoms with Crippen LogP contribution in [-0.4, -0.2) is 69.4 Å². The Morgan fingerprint density at radius 1 is 1.52 bits per heavy atom. The van der Waals surface area contributed by atoms with Gasteiger partial charge in [-0.25, -0.2) is 18.1 Å². The van der Waals surface area contributed by atoms with E-state index in [9.17, 15) is 13.2 Å². The van der Waals surface area contributed by atoms with Gasteiger partial charge in [-0.15, -0.1) is 0 Å². The standard InChI is InChI=1S/C16H23N3O5S/c1-23-14-13(4-3-7-17-14)15(20)19-10-16(11-19)12(6-9-24-16)5-8-18-25(2,21)22/h3-4,7,12,18H,5-6,8-11H2,1-2H3/t12-/m1/s1. The molecule has 1 amide bonds. The number of carbonyl (C=O) groups excluding carboxylic acids is 1. The average Bonchev–Trinajstić information content (AvgIpc) is 2.95. The second kappa shape index (κ2) is 6.89. The van der Waals surface area contributed by atoms with Crippen LogP contribution >= 0.6 is 0 Å². The molecule has 2 aliphatic heterocycles. The summed E-state index contributed by atoms with van der Waals surface area (Å²) < 4.78 is 36.0. The fraction of sp³-hybridized carbons (Fsp3) is 0.625. The van der Waals surface area contributed by atoms with Crippen LogP contribution in [0, 0.1) is 5.92 Å². The van der Waals surface area contributed by atoms with E-state index in [0.717, 1.165) is 12.7 Å². The van der Waals surface area contributed by atoms with Gasteiger partial charge in [0.15, 0.2) is 0 Å². The molecule has 1 atom stereocenters. The highest BCUT2D eigenvalue weighted by molar-refractivity contribution is 7.88. The first-order chi connectivity index (χ1) is 11.8. The summed E-state index contributed by atoms with van der Waals surface area (Å²) in [5, 5.41) is 0. The summed E-state index contributed by atoms with van der Waals surface area (Å²) in [6.07, 6.45) is 4.31. The lowest BCUT2D eigenvalue weighted by molar-refractivity contribution is -0.117. The molecule has 1 N–H and O–H groups in total. The van der Waals surface area contributed by atoms with Crippen LogP contribution in [0.2, 0.25) is 0 Å². The molecule has 0 unspecified atom stereocenters. The van der Waals surface area contributed by atoms with Gasteiger partial charge in [0, 0.05) is 19.3 Å². The molecule has 2 aliphatic rings. The molecule has 1 spiro atoms. The Balaban J connectivity index is 1.60. The van der Waals surface area contributed by atoms with Gasteiger partial charge in [-0.2, -0.15) is 0 Å². The third kappa shape index (κ3) is 3.78. The summed E-state index contributed by atoms with van der Waals surface area (Å²) in [7, 11) is -1.70. The quantitative estimate of drug-likeness (QED) is 0.772. The van der Waals surface area contributed by atoms with Crippen molar-refractivity contribution in [3.8, 4) is 5.88 Å². The maximum absolute atomic E-state index is 12.7. The van der Waals surface area contributed by atoms with Crippen LogP contribution in [0.3, 0.4) is 0 Å². The lowest BCUT2D eigenvalue weighted by atomic mass is 9.78. The van der Waals surface area contributed by atoms with E-state index in [0.29, 0.717) is 44.1 Å². The molecule has 1 aromatic rings. The molecule has 25 heavy (non-hydrogen) atoms. The van der Waals surface area contributed by atoms with Crippen molar-refractivity contribution in [2.75, 3.05) is 39.6 Å². The number of hydrogen-bond donors (Lipinski definition) is 1. The van der Waals surface area contributed by atoms with Crippen LogP contribution in [0.25, 0.3) is 0 Å². The van der Waals surface area contributed by atoms with E-state index in [4.69, 9.17) is 9.47 Å². The third-order valence-corrected chi connectivity index (χ3v) is 5.58. The Labute approximate surface area is 147 Å². The summed E-state index contributed by atoms with van der Waals surface area (Å²) >= 11 is 0.